The van der Waals surface area contributed by atoms with Crippen molar-refractivity contribution < 1.29 is 8.42 Å². The summed E-state index contributed by atoms with van der Waals surface area (Å²) < 4.78 is 27.8. The SMILES string of the molecule is CCn1ncc(Cl)c1CN(C)S(=O)(=O)c1ccccc1. The number of aromatic nitrogens is 2. The second-order valence-electron chi connectivity index (χ2n) is 4.33. The Labute approximate surface area is 123 Å². The topological polar surface area (TPSA) is 55.2 Å². The summed E-state index contributed by atoms with van der Waals surface area (Å²) in [6.45, 7) is 2.75. The number of hydrogen-bond acceptors (Lipinski definition) is 3. The molecule has 0 aliphatic carbocycles. The Bertz CT molecular complexity index is 683. The van der Waals surface area contributed by atoms with Crippen LogP contribution in [-0.2, 0) is 23.1 Å². The lowest BCUT2D eigenvalue weighted by Gasteiger charge is -2.18. The van der Waals surface area contributed by atoms with Crippen LogP contribution >= 0.6 is 11.6 Å². The van der Waals surface area contributed by atoms with Crippen molar-refractivity contribution in [1.29, 1.82) is 0 Å². The zero-order chi connectivity index (χ0) is 14.8. The van der Waals surface area contributed by atoms with E-state index in [0.717, 1.165) is 0 Å². The van der Waals surface area contributed by atoms with Crippen molar-refractivity contribution in [3.63, 3.8) is 0 Å². The Morgan fingerprint density at radius 1 is 1.30 bits per heavy atom. The van der Waals surface area contributed by atoms with Gasteiger partial charge in [-0.2, -0.15) is 9.40 Å². The molecule has 2 aromatic rings. The smallest absolute Gasteiger partial charge is 0.243 e. The van der Waals surface area contributed by atoms with Crippen LogP contribution in [0.4, 0.5) is 0 Å². The van der Waals surface area contributed by atoms with Crippen LogP contribution in [-0.4, -0.2) is 29.6 Å². The minimum absolute atomic E-state index is 0.184. The quantitative estimate of drug-likeness (QED) is 0.851. The lowest BCUT2D eigenvalue weighted by molar-refractivity contribution is 0.447. The summed E-state index contributed by atoms with van der Waals surface area (Å²) in [5.74, 6) is 0. The van der Waals surface area contributed by atoms with E-state index in [-0.39, 0.29) is 11.4 Å². The lowest BCUT2D eigenvalue weighted by Crippen LogP contribution is -2.27. The van der Waals surface area contributed by atoms with E-state index < -0.39 is 10.0 Å². The van der Waals surface area contributed by atoms with Gasteiger partial charge in [0.05, 0.1) is 28.4 Å². The predicted molar refractivity (Wildman–Crippen MR) is 78.0 cm³/mol. The maximum Gasteiger partial charge on any atom is 0.243 e. The van der Waals surface area contributed by atoms with Gasteiger partial charge in [-0.1, -0.05) is 29.8 Å². The molecule has 5 nitrogen and oxygen atoms in total. The van der Waals surface area contributed by atoms with Crippen molar-refractivity contribution >= 4 is 21.6 Å². The largest absolute Gasteiger partial charge is 0.267 e. The van der Waals surface area contributed by atoms with Crippen LogP contribution in [0.5, 0.6) is 0 Å². The second-order valence-corrected chi connectivity index (χ2v) is 6.78. The molecule has 0 saturated carbocycles. The molecule has 0 saturated heterocycles. The first-order valence-electron chi connectivity index (χ1n) is 6.18. The van der Waals surface area contributed by atoms with Crippen LogP contribution in [0.3, 0.4) is 0 Å². The summed E-state index contributed by atoms with van der Waals surface area (Å²) in [7, 11) is -1.99. The molecule has 108 valence electrons. The number of halogens is 1. The fourth-order valence-corrected chi connectivity index (χ4v) is 3.24. The summed E-state index contributed by atoms with van der Waals surface area (Å²) in [5.41, 5.74) is 0.691. The molecule has 2 rings (SSSR count). The van der Waals surface area contributed by atoms with Gasteiger partial charge in [-0.15, -0.1) is 0 Å². The molecule has 0 unspecified atom stereocenters. The minimum atomic E-state index is -3.52. The molecule has 1 aromatic carbocycles. The third-order valence-corrected chi connectivity index (χ3v) is 5.15. The van der Waals surface area contributed by atoms with Gasteiger partial charge in [0.1, 0.15) is 0 Å². The fourth-order valence-electron chi connectivity index (χ4n) is 1.89. The van der Waals surface area contributed by atoms with Crippen LogP contribution in [0.15, 0.2) is 41.4 Å². The first kappa shape index (κ1) is 15.0. The molecule has 0 bridgehead atoms. The molecule has 0 atom stereocenters. The van der Waals surface area contributed by atoms with Gasteiger partial charge in [-0.3, -0.25) is 4.68 Å². The summed E-state index contributed by atoms with van der Waals surface area (Å²) in [6.07, 6.45) is 1.53. The standard InChI is InChI=1S/C13H16ClN3O2S/c1-3-17-13(12(14)9-15-17)10-16(2)20(18,19)11-7-5-4-6-8-11/h4-9H,3,10H2,1-2H3. The van der Waals surface area contributed by atoms with Crippen molar-refractivity contribution in [2.24, 2.45) is 0 Å². The predicted octanol–water partition coefficient (Wildman–Crippen LogP) is 2.38. The Morgan fingerprint density at radius 2 is 1.95 bits per heavy atom. The summed E-state index contributed by atoms with van der Waals surface area (Å²) in [4.78, 5) is 0.265. The normalized spacial score (nSPS) is 12.0. The summed E-state index contributed by atoms with van der Waals surface area (Å²) in [5, 5.41) is 4.58. The van der Waals surface area contributed by atoms with Gasteiger partial charge >= 0.3 is 0 Å². The third kappa shape index (κ3) is 2.87. The molecule has 0 spiro atoms. The van der Waals surface area contributed by atoms with E-state index in [0.29, 0.717) is 17.3 Å². The van der Waals surface area contributed by atoms with Gasteiger partial charge in [0, 0.05) is 13.6 Å². The number of aryl methyl sites for hydroxylation is 1. The van der Waals surface area contributed by atoms with Crippen molar-refractivity contribution in [2.45, 2.75) is 24.9 Å². The average molecular weight is 314 g/mol. The maximum absolute atomic E-state index is 12.4. The fraction of sp³-hybridized carbons (Fsp3) is 0.308. The van der Waals surface area contributed by atoms with Crippen LogP contribution in [0.1, 0.15) is 12.6 Å². The molecule has 20 heavy (non-hydrogen) atoms. The summed E-state index contributed by atoms with van der Waals surface area (Å²) in [6, 6.07) is 8.32. The van der Waals surface area contributed by atoms with E-state index in [1.807, 2.05) is 6.92 Å². The Hall–Kier alpha value is -1.37. The van der Waals surface area contributed by atoms with Gasteiger partial charge < -0.3 is 0 Å². The van der Waals surface area contributed by atoms with Crippen molar-refractivity contribution in [3.05, 3.63) is 47.2 Å². The van der Waals surface area contributed by atoms with E-state index in [2.05, 4.69) is 5.10 Å². The second kappa shape index (κ2) is 5.95. The molecule has 0 aliphatic heterocycles. The highest BCUT2D eigenvalue weighted by Crippen LogP contribution is 2.21. The van der Waals surface area contributed by atoms with Gasteiger partial charge in [0.25, 0.3) is 0 Å². The van der Waals surface area contributed by atoms with Crippen LogP contribution in [0.25, 0.3) is 0 Å². The molecule has 0 radical (unpaired) electrons. The number of rotatable bonds is 5. The zero-order valence-electron chi connectivity index (χ0n) is 11.3. The van der Waals surface area contributed by atoms with Gasteiger partial charge in [0.2, 0.25) is 10.0 Å². The van der Waals surface area contributed by atoms with Crippen molar-refractivity contribution in [2.75, 3.05) is 7.05 Å². The molecule has 0 N–H and O–H groups in total. The molecule has 1 aromatic heterocycles. The van der Waals surface area contributed by atoms with E-state index in [1.54, 1.807) is 35.0 Å². The number of nitrogens with zero attached hydrogens (tertiary/aromatic N) is 3. The average Bonchev–Trinajstić information content (AvgIpc) is 2.80. The minimum Gasteiger partial charge on any atom is -0.267 e. The molecule has 1 heterocycles. The van der Waals surface area contributed by atoms with Gasteiger partial charge in [0.15, 0.2) is 0 Å². The first-order valence-corrected chi connectivity index (χ1v) is 8.00. The Balaban J connectivity index is 2.28. The molecular formula is C13H16ClN3O2S. The number of benzene rings is 1. The van der Waals surface area contributed by atoms with Gasteiger partial charge in [-0.25, -0.2) is 8.42 Å². The first-order chi connectivity index (χ1) is 9.46. The Morgan fingerprint density at radius 3 is 2.55 bits per heavy atom. The van der Waals surface area contributed by atoms with Crippen molar-refractivity contribution in [1.82, 2.24) is 14.1 Å². The number of sulfonamides is 1. The van der Waals surface area contributed by atoms with Crippen LogP contribution < -0.4 is 0 Å². The highest BCUT2D eigenvalue weighted by Gasteiger charge is 2.22. The van der Waals surface area contributed by atoms with E-state index in [9.17, 15) is 8.42 Å². The lowest BCUT2D eigenvalue weighted by atomic mass is 10.4. The van der Waals surface area contributed by atoms with Crippen molar-refractivity contribution in [3.8, 4) is 0 Å². The maximum atomic E-state index is 12.4. The van der Waals surface area contributed by atoms with Gasteiger partial charge in [-0.05, 0) is 19.1 Å². The highest BCUT2D eigenvalue weighted by atomic mass is 35.5. The third-order valence-electron chi connectivity index (χ3n) is 3.02. The molecule has 0 aliphatic rings. The van der Waals surface area contributed by atoms with E-state index >= 15 is 0 Å². The van der Waals surface area contributed by atoms with Crippen LogP contribution in [0.2, 0.25) is 5.02 Å². The zero-order valence-corrected chi connectivity index (χ0v) is 12.9. The molecule has 7 heteroatoms. The molecule has 0 amide bonds. The van der Waals surface area contributed by atoms with Crippen LogP contribution in [0, 0.1) is 0 Å². The monoisotopic (exact) mass is 313 g/mol. The molecule has 0 fully saturated rings. The number of hydrogen-bond donors (Lipinski definition) is 0. The summed E-state index contributed by atoms with van der Waals surface area (Å²) >= 11 is 6.06. The highest BCUT2D eigenvalue weighted by molar-refractivity contribution is 7.89. The molecular weight excluding hydrogens is 298 g/mol. The van der Waals surface area contributed by atoms with E-state index in [1.165, 1.54) is 17.5 Å². The van der Waals surface area contributed by atoms with E-state index in [4.69, 9.17) is 11.6 Å². The Kier molecular flexibility index (Phi) is 4.47.